The zero-order valence-electron chi connectivity index (χ0n) is 23.9. The van der Waals surface area contributed by atoms with E-state index >= 15 is 0 Å². The van der Waals surface area contributed by atoms with Crippen molar-refractivity contribution in [2.75, 3.05) is 38.2 Å². The lowest BCUT2D eigenvalue weighted by Gasteiger charge is -2.51. The summed E-state index contributed by atoms with van der Waals surface area (Å²) in [5.41, 5.74) is 2.85. The summed E-state index contributed by atoms with van der Waals surface area (Å²) in [7, 11) is 0. The molecule has 2 aromatic rings. The van der Waals surface area contributed by atoms with Crippen molar-refractivity contribution in [1.29, 1.82) is 0 Å². The number of nitrogens with one attached hydrogen (secondary N) is 1. The molecule has 1 spiro atoms. The van der Waals surface area contributed by atoms with Gasteiger partial charge in [-0.25, -0.2) is 18.2 Å². The van der Waals surface area contributed by atoms with Crippen molar-refractivity contribution in [3.63, 3.8) is 0 Å². The normalized spacial score (nSPS) is 25.4. The summed E-state index contributed by atoms with van der Waals surface area (Å²) in [4.78, 5) is 19.1. The van der Waals surface area contributed by atoms with E-state index in [-0.39, 0.29) is 25.6 Å². The van der Waals surface area contributed by atoms with Gasteiger partial charge in [-0.15, -0.1) is 0 Å². The quantitative estimate of drug-likeness (QED) is 0.326. The van der Waals surface area contributed by atoms with E-state index in [2.05, 4.69) is 17.4 Å². The SMILES string of the molecule is O=C(O)C(c1cc(F)ccc1C1CCC2(CO1)CC(F)(F)C2)N1CC[C@@H](OCCCCc2ccc3c(n2)NCCC3)C1. The summed E-state index contributed by atoms with van der Waals surface area (Å²) in [5.74, 6) is -3.18. The summed E-state index contributed by atoms with van der Waals surface area (Å²) in [6.07, 6.45) is 5.83. The molecule has 3 aliphatic heterocycles. The Morgan fingerprint density at radius 2 is 2.07 bits per heavy atom. The molecule has 0 bridgehead atoms. The van der Waals surface area contributed by atoms with Gasteiger partial charge in [0.15, 0.2) is 0 Å². The first kappa shape index (κ1) is 29.4. The molecule has 1 aromatic carbocycles. The summed E-state index contributed by atoms with van der Waals surface area (Å²) in [5, 5.41) is 13.6. The van der Waals surface area contributed by atoms with Crippen LogP contribution in [0.1, 0.15) is 85.9 Å². The second-order valence-electron chi connectivity index (χ2n) is 12.6. The van der Waals surface area contributed by atoms with Crippen LogP contribution in [0.5, 0.6) is 0 Å². The number of ether oxygens (including phenoxy) is 2. The van der Waals surface area contributed by atoms with Crippen LogP contribution in [0.15, 0.2) is 30.3 Å². The van der Waals surface area contributed by atoms with E-state index in [1.807, 2.05) is 4.90 Å². The Morgan fingerprint density at radius 3 is 2.83 bits per heavy atom. The van der Waals surface area contributed by atoms with Crippen molar-refractivity contribution < 1.29 is 32.5 Å². The molecule has 7 nitrogen and oxygen atoms in total. The van der Waals surface area contributed by atoms with E-state index in [9.17, 15) is 23.1 Å². The van der Waals surface area contributed by atoms with Gasteiger partial charge >= 0.3 is 5.97 Å². The van der Waals surface area contributed by atoms with Crippen LogP contribution in [-0.2, 0) is 27.1 Å². The number of aromatic nitrogens is 1. The number of hydrogen-bond donors (Lipinski definition) is 2. The number of anilines is 1. The third-order valence-corrected chi connectivity index (χ3v) is 9.39. The molecule has 3 fully saturated rings. The lowest BCUT2D eigenvalue weighted by atomic mass is 9.62. The van der Waals surface area contributed by atoms with Crippen molar-refractivity contribution in [2.24, 2.45) is 5.41 Å². The number of aliphatic carboxylic acids is 1. The van der Waals surface area contributed by atoms with Crippen LogP contribution in [0.4, 0.5) is 19.0 Å². The Hall–Kier alpha value is -2.69. The number of rotatable bonds is 10. The van der Waals surface area contributed by atoms with Crippen molar-refractivity contribution in [1.82, 2.24) is 9.88 Å². The topological polar surface area (TPSA) is 83.9 Å². The van der Waals surface area contributed by atoms with Gasteiger partial charge in [0.25, 0.3) is 0 Å². The Morgan fingerprint density at radius 1 is 1.21 bits per heavy atom. The zero-order valence-corrected chi connectivity index (χ0v) is 23.9. The Labute approximate surface area is 244 Å². The van der Waals surface area contributed by atoms with E-state index in [0.29, 0.717) is 50.1 Å². The van der Waals surface area contributed by atoms with Gasteiger partial charge in [-0.2, -0.15) is 0 Å². The number of halogens is 3. The molecule has 10 heteroatoms. The van der Waals surface area contributed by atoms with Crippen LogP contribution < -0.4 is 5.32 Å². The van der Waals surface area contributed by atoms with Crippen molar-refractivity contribution >= 4 is 11.8 Å². The average Bonchev–Trinajstić information content (AvgIpc) is 3.40. The minimum atomic E-state index is -2.63. The molecule has 0 radical (unpaired) electrons. The van der Waals surface area contributed by atoms with Gasteiger partial charge in [-0.3, -0.25) is 9.69 Å². The summed E-state index contributed by atoms with van der Waals surface area (Å²) in [6.45, 7) is 2.72. The fraction of sp³-hybridized carbons (Fsp3) is 0.625. The minimum Gasteiger partial charge on any atom is -0.480 e. The number of aryl methyl sites for hydroxylation is 2. The third kappa shape index (κ3) is 6.45. The number of pyridine rings is 1. The number of benzene rings is 1. The first-order valence-electron chi connectivity index (χ1n) is 15.3. The maximum absolute atomic E-state index is 14.5. The number of carboxylic acids is 1. The predicted molar refractivity (Wildman–Crippen MR) is 151 cm³/mol. The monoisotopic (exact) mass is 587 g/mol. The molecule has 42 heavy (non-hydrogen) atoms. The Balaban J connectivity index is 1.02. The highest BCUT2D eigenvalue weighted by Gasteiger charge is 2.57. The highest BCUT2D eigenvalue weighted by Crippen LogP contribution is 2.58. The number of alkyl halides is 2. The summed E-state index contributed by atoms with van der Waals surface area (Å²) in [6, 6.07) is 7.43. The molecule has 2 unspecified atom stereocenters. The number of unbranched alkanes of at least 4 members (excludes halogenated alkanes) is 1. The second kappa shape index (κ2) is 12.1. The standard InChI is InChI=1S/C32H40F3N3O4/c33-22-7-9-25(27-10-12-31(20-42-27)18-32(34,35)19-31)26(16-22)28(30(39)40)38-14-11-24(17-38)41-15-2-1-5-23-8-6-21-4-3-13-36-29(21)37-23/h6-9,16,24,27-28H,1-5,10-15,17-20H2,(H,36,37)(H,39,40)/t24-,27?,28?/m1/s1. The first-order valence-corrected chi connectivity index (χ1v) is 15.3. The minimum absolute atomic E-state index is 0.0963. The van der Waals surface area contributed by atoms with Gasteiger partial charge in [0.2, 0.25) is 5.92 Å². The molecule has 0 amide bonds. The Kier molecular flexibility index (Phi) is 8.49. The molecule has 2 N–H and O–H groups in total. The number of fused-ring (bicyclic) bond motifs is 1. The van der Waals surface area contributed by atoms with Gasteiger partial charge in [0.05, 0.1) is 18.8 Å². The molecular weight excluding hydrogens is 547 g/mol. The van der Waals surface area contributed by atoms with E-state index in [1.54, 1.807) is 6.07 Å². The molecule has 3 atom stereocenters. The highest BCUT2D eigenvalue weighted by atomic mass is 19.3. The van der Waals surface area contributed by atoms with Crippen LogP contribution in [0.2, 0.25) is 0 Å². The van der Waals surface area contributed by atoms with E-state index < -0.39 is 35.3 Å². The summed E-state index contributed by atoms with van der Waals surface area (Å²) >= 11 is 0. The zero-order chi connectivity index (χ0) is 29.3. The second-order valence-corrected chi connectivity index (χ2v) is 12.6. The fourth-order valence-electron chi connectivity index (χ4n) is 7.29. The van der Waals surface area contributed by atoms with Crippen LogP contribution in [0, 0.1) is 11.2 Å². The molecule has 4 heterocycles. The van der Waals surface area contributed by atoms with Crippen LogP contribution in [-0.4, -0.2) is 65.8 Å². The number of nitrogens with zero attached hydrogens (tertiary/aromatic N) is 2. The van der Waals surface area contributed by atoms with Gasteiger partial charge in [-0.1, -0.05) is 12.1 Å². The molecule has 1 aromatic heterocycles. The molecule has 4 aliphatic rings. The predicted octanol–water partition coefficient (Wildman–Crippen LogP) is 6.09. The van der Waals surface area contributed by atoms with Crippen LogP contribution in [0.25, 0.3) is 0 Å². The van der Waals surface area contributed by atoms with Gasteiger partial charge in [0, 0.05) is 50.2 Å². The fourth-order valence-corrected chi connectivity index (χ4v) is 7.29. The average molecular weight is 588 g/mol. The van der Waals surface area contributed by atoms with Gasteiger partial charge < -0.3 is 19.9 Å². The van der Waals surface area contributed by atoms with E-state index in [1.165, 1.54) is 17.7 Å². The molecule has 1 saturated carbocycles. The van der Waals surface area contributed by atoms with Crippen LogP contribution in [0.3, 0.4) is 0 Å². The largest absolute Gasteiger partial charge is 0.480 e. The van der Waals surface area contributed by atoms with E-state index in [4.69, 9.17) is 14.5 Å². The maximum Gasteiger partial charge on any atom is 0.325 e. The lowest BCUT2D eigenvalue weighted by molar-refractivity contribution is -0.212. The van der Waals surface area contributed by atoms with Crippen LogP contribution >= 0.6 is 0 Å². The molecular formula is C32H40F3N3O4. The smallest absolute Gasteiger partial charge is 0.325 e. The summed E-state index contributed by atoms with van der Waals surface area (Å²) < 4.78 is 53.7. The van der Waals surface area contributed by atoms with Crippen molar-refractivity contribution in [3.05, 3.63) is 58.5 Å². The van der Waals surface area contributed by atoms with Gasteiger partial charge in [0.1, 0.15) is 17.7 Å². The molecule has 1 aliphatic carbocycles. The maximum atomic E-state index is 14.5. The molecule has 228 valence electrons. The van der Waals surface area contributed by atoms with Gasteiger partial charge in [-0.05, 0) is 86.3 Å². The van der Waals surface area contributed by atoms with E-state index in [0.717, 1.165) is 50.2 Å². The van der Waals surface area contributed by atoms with Crippen molar-refractivity contribution in [2.45, 2.75) is 88.4 Å². The molecule has 2 saturated heterocycles. The highest BCUT2D eigenvalue weighted by molar-refractivity contribution is 5.76. The number of likely N-dealkylation sites (tertiary alicyclic amines) is 1. The first-order chi connectivity index (χ1) is 20.2. The molecule has 6 rings (SSSR count). The lowest BCUT2D eigenvalue weighted by Crippen LogP contribution is -2.51. The number of carboxylic acid groups (broad SMARTS) is 1. The van der Waals surface area contributed by atoms with Crippen molar-refractivity contribution in [3.8, 4) is 0 Å². The third-order valence-electron chi connectivity index (χ3n) is 9.39. The Bertz CT molecular complexity index is 1270. The number of carbonyl (C=O) groups is 1. The number of hydrogen-bond acceptors (Lipinski definition) is 6.